The van der Waals surface area contributed by atoms with Crippen molar-refractivity contribution in [1.29, 1.82) is 0 Å². The third-order valence-electron chi connectivity index (χ3n) is 1.93. The van der Waals surface area contributed by atoms with Crippen molar-refractivity contribution in [2.45, 2.75) is 19.9 Å². The second-order valence-corrected chi connectivity index (χ2v) is 3.83. The topological polar surface area (TPSA) is 34.1 Å². The average Bonchev–Trinajstić information content (AvgIpc) is 2.66. The first-order valence-electron chi connectivity index (χ1n) is 4.63. The zero-order valence-corrected chi connectivity index (χ0v) is 9.65. The van der Waals surface area contributed by atoms with Gasteiger partial charge in [-0.15, -0.1) is 11.3 Å². The number of ether oxygens (including phenoxy) is 1. The van der Waals surface area contributed by atoms with Crippen LogP contribution in [-0.2, 0) is 4.74 Å². The van der Waals surface area contributed by atoms with Gasteiger partial charge in [-0.25, -0.2) is 4.98 Å². The summed E-state index contributed by atoms with van der Waals surface area (Å²) in [5.41, 5.74) is 0.842. The Bertz CT molecular complexity index is 309. The standard InChI is InChI=1S/C10H16N2OS/c1-5-13-8(3)9-6-14-10(12-9)7(2)11-4/h6-7,11H,3,5H2,1-2,4H3. The van der Waals surface area contributed by atoms with Crippen molar-refractivity contribution in [3.8, 4) is 0 Å². The van der Waals surface area contributed by atoms with Crippen molar-refractivity contribution < 1.29 is 4.74 Å². The number of thiazole rings is 1. The molecule has 78 valence electrons. The molecule has 0 aliphatic rings. The average molecular weight is 212 g/mol. The van der Waals surface area contributed by atoms with Crippen LogP contribution in [0.2, 0.25) is 0 Å². The Morgan fingerprint density at radius 3 is 3.07 bits per heavy atom. The molecule has 4 heteroatoms. The molecule has 0 aromatic carbocycles. The number of aromatic nitrogens is 1. The maximum atomic E-state index is 5.28. The van der Waals surface area contributed by atoms with Gasteiger partial charge in [0.15, 0.2) is 0 Å². The van der Waals surface area contributed by atoms with Gasteiger partial charge in [0.05, 0.1) is 12.6 Å². The molecule has 0 radical (unpaired) electrons. The lowest BCUT2D eigenvalue weighted by Crippen LogP contribution is -2.11. The van der Waals surface area contributed by atoms with E-state index in [-0.39, 0.29) is 6.04 Å². The third kappa shape index (κ3) is 2.56. The molecule has 1 aromatic rings. The van der Waals surface area contributed by atoms with Gasteiger partial charge in [-0.1, -0.05) is 6.58 Å². The third-order valence-corrected chi connectivity index (χ3v) is 2.96. The second kappa shape index (κ2) is 5.12. The lowest BCUT2D eigenvalue weighted by atomic mass is 10.3. The number of hydrogen-bond donors (Lipinski definition) is 1. The Morgan fingerprint density at radius 1 is 1.79 bits per heavy atom. The van der Waals surface area contributed by atoms with E-state index in [2.05, 4.69) is 23.8 Å². The van der Waals surface area contributed by atoms with Gasteiger partial charge < -0.3 is 10.1 Å². The van der Waals surface area contributed by atoms with E-state index in [1.165, 1.54) is 0 Å². The highest BCUT2D eigenvalue weighted by atomic mass is 32.1. The van der Waals surface area contributed by atoms with Gasteiger partial charge >= 0.3 is 0 Å². The molecule has 1 unspecified atom stereocenters. The summed E-state index contributed by atoms with van der Waals surface area (Å²) in [5, 5.41) is 6.17. The maximum Gasteiger partial charge on any atom is 0.138 e. The Hall–Kier alpha value is -0.870. The van der Waals surface area contributed by atoms with E-state index >= 15 is 0 Å². The van der Waals surface area contributed by atoms with E-state index in [4.69, 9.17) is 4.74 Å². The lowest BCUT2D eigenvalue weighted by Gasteiger charge is -2.05. The highest BCUT2D eigenvalue weighted by Crippen LogP contribution is 2.21. The quantitative estimate of drug-likeness (QED) is 0.761. The molecule has 1 rings (SSSR count). The molecule has 3 nitrogen and oxygen atoms in total. The molecular formula is C10H16N2OS. The smallest absolute Gasteiger partial charge is 0.138 e. The fourth-order valence-corrected chi connectivity index (χ4v) is 1.88. The SMILES string of the molecule is C=C(OCC)c1csc(C(C)NC)n1. The van der Waals surface area contributed by atoms with Gasteiger partial charge in [0, 0.05) is 5.38 Å². The molecule has 1 aromatic heterocycles. The summed E-state index contributed by atoms with van der Waals surface area (Å²) >= 11 is 1.62. The zero-order chi connectivity index (χ0) is 10.6. The first-order chi connectivity index (χ1) is 6.69. The molecule has 0 aliphatic carbocycles. The summed E-state index contributed by atoms with van der Waals surface area (Å²) in [6, 6.07) is 0.281. The first-order valence-corrected chi connectivity index (χ1v) is 5.51. The fraction of sp³-hybridized carbons (Fsp3) is 0.500. The highest BCUT2D eigenvalue weighted by Gasteiger charge is 2.10. The fourth-order valence-electron chi connectivity index (χ4n) is 0.986. The monoisotopic (exact) mass is 212 g/mol. The van der Waals surface area contributed by atoms with Crippen LogP contribution >= 0.6 is 11.3 Å². The van der Waals surface area contributed by atoms with Crippen molar-refractivity contribution >= 4 is 17.1 Å². The van der Waals surface area contributed by atoms with Crippen LogP contribution in [0.25, 0.3) is 5.76 Å². The van der Waals surface area contributed by atoms with Gasteiger partial charge in [-0.2, -0.15) is 0 Å². The van der Waals surface area contributed by atoms with Crippen LogP contribution < -0.4 is 5.32 Å². The van der Waals surface area contributed by atoms with E-state index < -0.39 is 0 Å². The first kappa shape index (κ1) is 11.2. The van der Waals surface area contributed by atoms with Gasteiger partial charge in [0.2, 0.25) is 0 Å². The highest BCUT2D eigenvalue weighted by molar-refractivity contribution is 7.09. The summed E-state index contributed by atoms with van der Waals surface area (Å²) in [6.45, 7) is 8.46. The summed E-state index contributed by atoms with van der Waals surface area (Å²) in [6.07, 6.45) is 0. The molecular weight excluding hydrogens is 196 g/mol. The molecule has 0 fully saturated rings. The Labute approximate surface area is 88.8 Å². The predicted molar refractivity (Wildman–Crippen MR) is 60.2 cm³/mol. The van der Waals surface area contributed by atoms with Crippen LogP contribution in [-0.4, -0.2) is 18.6 Å². The van der Waals surface area contributed by atoms with E-state index in [9.17, 15) is 0 Å². The van der Waals surface area contributed by atoms with E-state index in [1.807, 2.05) is 19.4 Å². The van der Waals surface area contributed by atoms with E-state index in [0.29, 0.717) is 12.4 Å². The van der Waals surface area contributed by atoms with E-state index in [0.717, 1.165) is 10.7 Å². The summed E-state index contributed by atoms with van der Waals surface area (Å²) in [7, 11) is 1.92. The molecule has 1 N–H and O–H groups in total. The Balaban J connectivity index is 2.72. The van der Waals surface area contributed by atoms with Gasteiger partial charge in [-0.05, 0) is 20.9 Å². The minimum absolute atomic E-state index is 0.281. The van der Waals surface area contributed by atoms with Crippen molar-refractivity contribution in [1.82, 2.24) is 10.3 Å². The van der Waals surface area contributed by atoms with Crippen molar-refractivity contribution in [2.75, 3.05) is 13.7 Å². The van der Waals surface area contributed by atoms with Crippen molar-refractivity contribution in [3.63, 3.8) is 0 Å². The van der Waals surface area contributed by atoms with Crippen LogP contribution in [0.3, 0.4) is 0 Å². The Kier molecular flexibility index (Phi) is 4.10. The van der Waals surface area contributed by atoms with Crippen molar-refractivity contribution in [3.05, 3.63) is 22.7 Å². The zero-order valence-electron chi connectivity index (χ0n) is 8.83. The number of nitrogens with one attached hydrogen (secondary N) is 1. The van der Waals surface area contributed by atoms with Crippen LogP contribution in [0.5, 0.6) is 0 Å². The molecule has 0 amide bonds. The van der Waals surface area contributed by atoms with Crippen LogP contribution in [0.15, 0.2) is 12.0 Å². The number of hydrogen-bond acceptors (Lipinski definition) is 4. The maximum absolute atomic E-state index is 5.28. The predicted octanol–water partition coefficient (Wildman–Crippen LogP) is 2.43. The molecule has 0 saturated carbocycles. The molecule has 0 aliphatic heterocycles. The summed E-state index contributed by atoms with van der Waals surface area (Å²) < 4.78 is 5.28. The van der Waals surface area contributed by atoms with Crippen LogP contribution in [0.1, 0.15) is 30.6 Å². The molecule has 1 heterocycles. The van der Waals surface area contributed by atoms with Gasteiger partial charge in [0.1, 0.15) is 16.5 Å². The molecule has 0 spiro atoms. The number of rotatable bonds is 5. The minimum atomic E-state index is 0.281. The van der Waals surface area contributed by atoms with Crippen LogP contribution in [0.4, 0.5) is 0 Å². The lowest BCUT2D eigenvalue weighted by molar-refractivity contribution is 0.298. The normalized spacial score (nSPS) is 12.5. The molecule has 0 bridgehead atoms. The summed E-state index contributed by atoms with van der Waals surface area (Å²) in [5.74, 6) is 0.651. The largest absolute Gasteiger partial charge is 0.492 e. The number of nitrogens with zero attached hydrogens (tertiary/aromatic N) is 1. The molecule has 0 saturated heterocycles. The molecule has 1 atom stereocenters. The van der Waals surface area contributed by atoms with Crippen molar-refractivity contribution in [2.24, 2.45) is 0 Å². The second-order valence-electron chi connectivity index (χ2n) is 2.94. The van der Waals surface area contributed by atoms with Crippen LogP contribution in [0, 0.1) is 0 Å². The Morgan fingerprint density at radius 2 is 2.50 bits per heavy atom. The minimum Gasteiger partial charge on any atom is -0.492 e. The molecule has 14 heavy (non-hydrogen) atoms. The van der Waals surface area contributed by atoms with E-state index in [1.54, 1.807) is 11.3 Å². The van der Waals surface area contributed by atoms with Gasteiger partial charge in [0.25, 0.3) is 0 Å². The summed E-state index contributed by atoms with van der Waals surface area (Å²) in [4.78, 5) is 4.43. The van der Waals surface area contributed by atoms with Gasteiger partial charge in [-0.3, -0.25) is 0 Å².